The van der Waals surface area contributed by atoms with Crippen molar-refractivity contribution in [1.29, 1.82) is 0 Å². The van der Waals surface area contributed by atoms with E-state index in [2.05, 4.69) is 20.5 Å². The third-order valence-electron chi connectivity index (χ3n) is 4.14. The van der Waals surface area contributed by atoms with E-state index in [0.717, 1.165) is 31.6 Å². The fourth-order valence-electron chi connectivity index (χ4n) is 2.99. The first-order valence-electron chi connectivity index (χ1n) is 9.54. The third kappa shape index (κ3) is 8.62. The number of carbonyl (C=O) groups is 1. The van der Waals surface area contributed by atoms with Gasteiger partial charge >= 0.3 is 5.97 Å². The van der Waals surface area contributed by atoms with Crippen molar-refractivity contribution < 1.29 is 13.9 Å². The Balaban J connectivity index is 0.00000392. The van der Waals surface area contributed by atoms with E-state index in [4.69, 9.17) is 4.74 Å². The Bertz CT molecular complexity index is 656. The standard InChI is InChI=1S/C20H31FN4O2.HI/c1-5-22-19(23-14-18(26)27-20(2,3)4)24-16-9-11-25(12-10-16)17-8-6-7-15(21)13-17;/h6-8,13,16H,5,9-12,14H2,1-4H3,(H2,22,23,24);1H. The summed E-state index contributed by atoms with van der Waals surface area (Å²) in [5, 5.41) is 6.56. The summed E-state index contributed by atoms with van der Waals surface area (Å²) in [4.78, 5) is 18.4. The van der Waals surface area contributed by atoms with E-state index in [1.54, 1.807) is 12.1 Å². The van der Waals surface area contributed by atoms with Crippen LogP contribution in [-0.4, -0.2) is 49.8 Å². The van der Waals surface area contributed by atoms with Crippen LogP contribution in [0, 0.1) is 5.82 Å². The highest BCUT2D eigenvalue weighted by molar-refractivity contribution is 14.0. The summed E-state index contributed by atoms with van der Waals surface area (Å²) >= 11 is 0. The highest BCUT2D eigenvalue weighted by Crippen LogP contribution is 2.20. The fraction of sp³-hybridized carbons (Fsp3) is 0.600. The zero-order chi connectivity index (χ0) is 19.9. The maximum absolute atomic E-state index is 13.4. The highest BCUT2D eigenvalue weighted by Gasteiger charge is 2.21. The zero-order valence-corrected chi connectivity index (χ0v) is 19.5. The van der Waals surface area contributed by atoms with Gasteiger partial charge in [-0.25, -0.2) is 9.38 Å². The van der Waals surface area contributed by atoms with Gasteiger partial charge < -0.3 is 20.3 Å². The molecule has 0 unspecified atom stereocenters. The summed E-state index contributed by atoms with van der Waals surface area (Å²) < 4.78 is 18.7. The van der Waals surface area contributed by atoms with Crippen LogP contribution in [0.15, 0.2) is 29.3 Å². The number of hydrogen-bond acceptors (Lipinski definition) is 4. The number of halogens is 2. The number of benzene rings is 1. The van der Waals surface area contributed by atoms with Gasteiger partial charge in [0.25, 0.3) is 0 Å². The van der Waals surface area contributed by atoms with Crippen molar-refractivity contribution in [3.63, 3.8) is 0 Å². The molecule has 1 aromatic rings. The van der Waals surface area contributed by atoms with E-state index in [1.165, 1.54) is 6.07 Å². The lowest BCUT2D eigenvalue weighted by Gasteiger charge is -2.34. The number of esters is 1. The highest BCUT2D eigenvalue weighted by atomic mass is 127. The van der Waals surface area contributed by atoms with E-state index < -0.39 is 5.60 Å². The zero-order valence-electron chi connectivity index (χ0n) is 17.1. The molecule has 1 fully saturated rings. The Morgan fingerprint density at radius 2 is 2.00 bits per heavy atom. The molecule has 0 bridgehead atoms. The molecule has 28 heavy (non-hydrogen) atoms. The number of hydrogen-bond donors (Lipinski definition) is 2. The molecular formula is C20H32FIN4O2. The number of piperidine rings is 1. The molecule has 0 radical (unpaired) electrons. The Morgan fingerprint density at radius 3 is 2.57 bits per heavy atom. The lowest BCUT2D eigenvalue weighted by atomic mass is 10.0. The molecule has 0 spiro atoms. The minimum atomic E-state index is -0.512. The molecule has 0 aliphatic carbocycles. The fourth-order valence-corrected chi connectivity index (χ4v) is 2.99. The molecule has 2 rings (SSSR count). The van der Waals surface area contributed by atoms with Crippen LogP contribution in [0.4, 0.5) is 10.1 Å². The number of guanidine groups is 1. The molecule has 8 heteroatoms. The molecule has 1 aromatic carbocycles. The van der Waals surface area contributed by atoms with E-state index in [9.17, 15) is 9.18 Å². The lowest BCUT2D eigenvalue weighted by molar-refractivity contribution is -0.152. The van der Waals surface area contributed by atoms with Crippen molar-refractivity contribution in [2.24, 2.45) is 4.99 Å². The van der Waals surface area contributed by atoms with Crippen LogP contribution in [0.25, 0.3) is 0 Å². The van der Waals surface area contributed by atoms with Crippen LogP contribution in [-0.2, 0) is 9.53 Å². The summed E-state index contributed by atoms with van der Waals surface area (Å²) in [6.07, 6.45) is 1.82. The lowest BCUT2D eigenvalue weighted by Crippen LogP contribution is -2.49. The largest absolute Gasteiger partial charge is 0.459 e. The van der Waals surface area contributed by atoms with Crippen molar-refractivity contribution in [1.82, 2.24) is 10.6 Å². The predicted octanol–water partition coefficient (Wildman–Crippen LogP) is 3.31. The molecule has 0 saturated carbocycles. The maximum atomic E-state index is 13.4. The molecule has 0 amide bonds. The molecule has 6 nitrogen and oxygen atoms in total. The van der Waals surface area contributed by atoms with Crippen molar-refractivity contribution in [2.45, 2.75) is 52.2 Å². The average molecular weight is 506 g/mol. The second-order valence-corrected chi connectivity index (χ2v) is 7.67. The van der Waals surface area contributed by atoms with Gasteiger partial charge in [-0.05, 0) is 58.7 Å². The SMILES string of the molecule is CCNC(=NCC(=O)OC(C)(C)C)NC1CCN(c2cccc(F)c2)CC1.I. The minimum absolute atomic E-state index is 0. The molecule has 1 saturated heterocycles. The minimum Gasteiger partial charge on any atom is -0.459 e. The van der Waals surface area contributed by atoms with E-state index >= 15 is 0 Å². The van der Waals surface area contributed by atoms with Gasteiger partial charge in [0.2, 0.25) is 0 Å². The van der Waals surface area contributed by atoms with E-state index in [1.807, 2.05) is 33.8 Å². The molecular weight excluding hydrogens is 474 g/mol. The van der Waals surface area contributed by atoms with Gasteiger partial charge in [0.15, 0.2) is 5.96 Å². The van der Waals surface area contributed by atoms with Crippen LogP contribution < -0.4 is 15.5 Å². The molecule has 1 heterocycles. The molecule has 2 N–H and O–H groups in total. The first-order valence-corrected chi connectivity index (χ1v) is 9.54. The van der Waals surface area contributed by atoms with Crippen LogP contribution >= 0.6 is 24.0 Å². The van der Waals surface area contributed by atoms with Gasteiger partial charge in [-0.2, -0.15) is 0 Å². The molecule has 0 aromatic heterocycles. The Kier molecular flexibility index (Phi) is 9.98. The summed E-state index contributed by atoms with van der Waals surface area (Å²) in [6.45, 7) is 9.87. The van der Waals surface area contributed by atoms with Crippen LogP contribution in [0.1, 0.15) is 40.5 Å². The van der Waals surface area contributed by atoms with Gasteiger partial charge in [0, 0.05) is 31.4 Å². The Morgan fingerprint density at radius 1 is 1.32 bits per heavy atom. The predicted molar refractivity (Wildman–Crippen MR) is 122 cm³/mol. The Hall–Kier alpha value is -1.58. The van der Waals surface area contributed by atoms with Gasteiger partial charge in [0.1, 0.15) is 18.0 Å². The first kappa shape index (κ1) is 24.5. The normalized spacial score (nSPS) is 15.6. The monoisotopic (exact) mass is 506 g/mol. The third-order valence-corrected chi connectivity index (χ3v) is 4.14. The first-order chi connectivity index (χ1) is 12.8. The van der Waals surface area contributed by atoms with Gasteiger partial charge in [0.05, 0.1) is 0 Å². The van der Waals surface area contributed by atoms with Crippen molar-refractivity contribution in [3.8, 4) is 0 Å². The summed E-state index contributed by atoms with van der Waals surface area (Å²) in [5.74, 6) is 0.0599. The number of ether oxygens (including phenoxy) is 1. The van der Waals surface area contributed by atoms with Crippen molar-refractivity contribution in [2.75, 3.05) is 31.1 Å². The number of nitrogens with one attached hydrogen (secondary N) is 2. The smallest absolute Gasteiger partial charge is 0.328 e. The number of nitrogens with zero attached hydrogens (tertiary/aromatic N) is 2. The van der Waals surface area contributed by atoms with Crippen molar-refractivity contribution >= 4 is 41.6 Å². The van der Waals surface area contributed by atoms with Gasteiger partial charge in [-0.15, -0.1) is 24.0 Å². The average Bonchev–Trinajstić information content (AvgIpc) is 2.59. The Labute approximate surface area is 184 Å². The number of carbonyl (C=O) groups excluding carboxylic acids is 1. The quantitative estimate of drug-likeness (QED) is 0.278. The number of rotatable bonds is 5. The van der Waals surface area contributed by atoms with Gasteiger partial charge in [-0.1, -0.05) is 6.07 Å². The number of anilines is 1. The summed E-state index contributed by atoms with van der Waals surface area (Å²) in [7, 11) is 0. The van der Waals surface area contributed by atoms with Crippen LogP contribution in [0.5, 0.6) is 0 Å². The van der Waals surface area contributed by atoms with Gasteiger partial charge in [-0.3, -0.25) is 4.79 Å². The van der Waals surface area contributed by atoms with Crippen molar-refractivity contribution in [3.05, 3.63) is 30.1 Å². The number of aliphatic imine (C=N–C) groups is 1. The van der Waals surface area contributed by atoms with E-state index in [0.29, 0.717) is 12.5 Å². The summed E-state index contributed by atoms with van der Waals surface area (Å²) in [5.41, 5.74) is 0.404. The molecule has 0 atom stereocenters. The topological polar surface area (TPSA) is 66.0 Å². The second kappa shape index (κ2) is 11.4. The van der Waals surface area contributed by atoms with E-state index in [-0.39, 0.29) is 48.3 Å². The van der Waals surface area contributed by atoms with Crippen LogP contribution in [0.2, 0.25) is 0 Å². The molecule has 1 aliphatic rings. The summed E-state index contributed by atoms with van der Waals surface area (Å²) in [6, 6.07) is 6.96. The van der Waals surface area contributed by atoms with Crippen LogP contribution in [0.3, 0.4) is 0 Å². The molecule has 158 valence electrons. The maximum Gasteiger partial charge on any atom is 0.328 e. The molecule has 1 aliphatic heterocycles. The second-order valence-electron chi connectivity index (χ2n) is 7.67.